The van der Waals surface area contributed by atoms with E-state index in [0.717, 1.165) is 35.9 Å². The fourth-order valence-electron chi connectivity index (χ4n) is 3.24. The van der Waals surface area contributed by atoms with Crippen LogP contribution in [-0.4, -0.2) is 35.3 Å². The SMILES string of the molecule is COc1ccc(CNC(=S)Nc2nc(C)cc(N3CCC[C@@H](C)C3)n2)cc1. The predicted octanol–water partition coefficient (Wildman–Crippen LogP) is 3.52. The summed E-state index contributed by atoms with van der Waals surface area (Å²) in [4.78, 5) is 11.5. The van der Waals surface area contributed by atoms with Crippen molar-refractivity contribution in [2.24, 2.45) is 5.92 Å². The highest BCUT2D eigenvalue weighted by Crippen LogP contribution is 2.22. The number of piperidine rings is 1. The molecule has 0 aliphatic carbocycles. The van der Waals surface area contributed by atoms with Gasteiger partial charge in [0.25, 0.3) is 0 Å². The Morgan fingerprint density at radius 3 is 2.78 bits per heavy atom. The Labute approximate surface area is 166 Å². The molecule has 0 unspecified atom stereocenters. The second-order valence-electron chi connectivity index (χ2n) is 7.04. The Morgan fingerprint density at radius 1 is 1.30 bits per heavy atom. The average molecular weight is 386 g/mol. The molecule has 1 aliphatic heterocycles. The zero-order chi connectivity index (χ0) is 19.2. The van der Waals surface area contributed by atoms with E-state index in [1.807, 2.05) is 37.3 Å². The van der Waals surface area contributed by atoms with Gasteiger partial charge in [0, 0.05) is 31.4 Å². The second-order valence-corrected chi connectivity index (χ2v) is 7.45. The van der Waals surface area contributed by atoms with E-state index in [1.54, 1.807) is 7.11 Å². The van der Waals surface area contributed by atoms with E-state index >= 15 is 0 Å². The van der Waals surface area contributed by atoms with Gasteiger partial charge in [0.2, 0.25) is 5.95 Å². The van der Waals surface area contributed by atoms with Gasteiger partial charge in [-0.15, -0.1) is 0 Å². The van der Waals surface area contributed by atoms with Gasteiger partial charge in [0.1, 0.15) is 11.6 Å². The van der Waals surface area contributed by atoms with Gasteiger partial charge >= 0.3 is 0 Å². The maximum atomic E-state index is 5.41. The number of aromatic nitrogens is 2. The molecule has 1 aromatic carbocycles. The lowest BCUT2D eigenvalue weighted by atomic mass is 10.0. The first-order chi connectivity index (χ1) is 13.0. The molecule has 0 amide bonds. The number of nitrogens with zero attached hydrogens (tertiary/aromatic N) is 3. The minimum atomic E-state index is 0.509. The number of hydrogen-bond donors (Lipinski definition) is 2. The van der Waals surface area contributed by atoms with E-state index in [2.05, 4.69) is 32.4 Å². The second kappa shape index (κ2) is 8.99. The van der Waals surface area contributed by atoms with E-state index in [-0.39, 0.29) is 0 Å². The molecule has 27 heavy (non-hydrogen) atoms. The Bertz CT molecular complexity index is 780. The third-order valence-electron chi connectivity index (χ3n) is 4.66. The summed E-state index contributed by atoms with van der Waals surface area (Å²) in [6.07, 6.45) is 2.49. The van der Waals surface area contributed by atoms with Crippen LogP contribution in [-0.2, 0) is 6.54 Å². The standard InChI is InChI=1S/C20H27N5OS/c1-14-5-4-10-25(13-14)18-11-15(2)22-19(23-18)24-20(27)21-12-16-6-8-17(26-3)9-7-16/h6-9,11,14H,4-5,10,12-13H2,1-3H3,(H2,21,22,23,24,27)/t14-/m1/s1. The van der Waals surface area contributed by atoms with Crippen LogP contribution in [0.5, 0.6) is 5.75 Å². The van der Waals surface area contributed by atoms with Crippen molar-refractivity contribution in [2.75, 3.05) is 30.4 Å². The Balaban J connectivity index is 1.59. The van der Waals surface area contributed by atoms with Crippen LogP contribution in [0.3, 0.4) is 0 Å². The molecule has 144 valence electrons. The molecule has 6 nitrogen and oxygen atoms in total. The Kier molecular flexibility index (Phi) is 6.45. The van der Waals surface area contributed by atoms with Crippen molar-refractivity contribution in [3.8, 4) is 5.75 Å². The zero-order valence-electron chi connectivity index (χ0n) is 16.2. The first kappa shape index (κ1) is 19.4. The van der Waals surface area contributed by atoms with Crippen LogP contribution in [0, 0.1) is 12.8 Å². The highest BCUT2D eigenvalue weighted by Gasteiger charge is 2.18. The average Bonchev–Trinajstić information content (AvgIpc) is 2.66. The summed E-state index contributed by atoms with van der Waals surface area (Å²) in [7, 11) is 1.66. The summed E-state index contributed by atoms with van der Waals surface area (Å²) in [6, 6.07) is 9.92. The van der Waals surface area contributed by atoms with Crippen LogP contribution < -0.4 is 20.3 Å². The lowest BCUT2D eigenvalue weighted by Crippen LogP contribution is -2.35. The van der Waals surface area contributed by atoms with Crippen molar-refractivity contribution in [3.63, 3.8) is 0 Å². The van der Waals surface area contributed by atoms with Gasteiger partial charge in [-0.3, -0.25) is 0 Å². The van der Waals surface area contributed by atoms with Crippen LogP contribution in [0.1, 0.15) is 31.0 Å². The van der Waals surface area contributed by atoms with Crippen LogP contribution in [0.2, 0.25) is 0 Å². The normalized spacial score (nSPS) is 16.7. The molecule has 3 rings (SSSR count). The Hall–Kier alpha value is -2.41. The van der Waals surface area contributed by atoms with Crippen LogP contribution in [0.25, 0.3) is 0 Å². The summed E-state index contributed by atoms with van der Waals surface area (Å²) in [5.41, 5.74) is 2.05. The van der Waals surface area contributed by atoms with Gasteiger partial charge in [-0.25, -0.2) is 4.98 Å². The monoisotopic (exact) mass is 385 g/mol. The highest BCUT2D eigenvalue weighted by molar-refractivity contribution is 7.80. The minimum Gasteiger partial charge on any atom is -0.497 e. The summed E-state index contributed by atoms with van der Waals surface area (Å²) in [6.45, 7) is 6.98. The Morgan fingerprint density at radius 2 is 2.07 bits per heavy atom. The van der Waals surface area contributed by atoms with Crippen molar-refractivity contribution < 1.29 is 4.74 Å². The van der Waals surface area contributed by atoms with Crippen molar-refractivity contribution in [1.82, 2.24) is 15.3 Å². The molecule has 2 aromatic rings. The van der Waals surface area contributed by atoms with Gasteiger partial charge < -0.3 is 20.3 Å². The highest BCUT2D eigenvalue weighted by atomic mass is 32.1. The maximum absolute atomic E-state index is 5.41. The summed E-state index contributed by atoms with van der Waals surface area (Å²) < 4.78 is 5.17. The van der Waals surface area contributed by atoms with Crippen molar-refractivity contribution in [2.45, 2.75) is 33.2 Å². The van der Waals surface area contributed by atoms with Crippen molar-refractivity contribution in [3.05, 3.63) is 41.6 Å². The first-order valence-electron chi connectivity index (χ1n) is 9.32. The molecule has 1 saturated heterocycles. The molecular formula is C20H27N5OS. The van der Waals surface area contributed by atoms with E-state index in [4.69, 9.17) is 17.0 Å². The van der Waals surface area contributed by atoms with Crippen LogP contribution in [0.4, 0.5) is 11.8 Å². The number of ether oxygens (including phenoxy) is 1. The zero-order valence-corrected chi connectivity index (χ0v) is 17.0. The number of nitrogens with one attached hydrogen (secondary N) is 2. The third kappa shape index (κ3) is 5.53. The van der Waals surface area contributed by atoms with Crippen LogP contribution in [0.15, 0.2) is 30.3 Å². The number of hydrogen-bond acceptors (Lipinski definition) is 5. The van der Waals surface area contributed by atoms with Crippen LogP contribution >= 0.6 is 12.2 Å². The molecule has 1 atom stereocenters. The van der Waals surface area contributed by atoms with E-state index in [0.29, 0.717) is 23.5 Å². The topological polar surface area (TPSA) is 62.3 Å². The molecule has 2 heterocycles. The number of thiocarbonyl (C=S) groups is 1. The molecular weight excluding hydrogens is 358 g/mol. The van der Waals surface area contributed by atoms with E-state index < -0.39 is 0 Å². The van der Waals surface area contributed by atoms with E-state index in [9.17, 15) is 0 Å². The third-order valence-corrected chi connectivity index (χ3v) is 4.91. The minimum absolute atomic E-state index is 0.509. The molecule has 0 spiro atoms. The summed E-state index contributed by atoms with van der Waals surface area (Å²) in [5, 5.41) is 6.82. The molecule has 1 aliphatic rings. The lowest BCUT2D eigenvalue weighted by molar-refractivity contribution is 0.414. The number of rotatable bonds is 5. The molecule has 7 heteroatoms. The van der Waals surface area contributed by atoms with Gasteiger partial charge in [0.15, 0.2) is 5.11 Å². The van der Waals surface area contributed by atoms with Gasteiger partial charge in [-0.1, -0.05) is 19.1 Å². The fraction of sp³-hybridized carbons (Fsp3) is 0.450. The molecule has 0 saturated carbocycles. The number of aryl methyl sites for hydroxylation is 1. The largest absolute Gasteiger partial charge is 0.497 e. The first-order valence-corrected chi connectivity index (χ1v) is 9.72. The van der Waals surface area contributed by atoms with Crippen molar-refractivity contribution in [1.29, 1.82) is 0 Å². The number of anilines is 2. The summed E-state index contributed by atoms with van der Waals surface area (Å²) in [5.74, 6) is 3.04. The van der Waals surface area contributed by atoms with Crippen molar-refractivity contribution >= 4 is 29.1 Å². The lowest BCUT2D eigenvalue weighted by Gasteiger charge is -2.32. The number of benzene rings is 1. The molecule has 1 aromatic heterocycles. The molecule has 2 N–H and O–H groups in total. The van der Waals surface area contributed by atoms with Gasteiger partial charge in [-0.2, -0.15) is 4.98 Å². The smallest absolute Gasteiger partial charge is 0.231 e. The van der Waals surface area contributed by atoms with E-state index in [1.165, 1.54) is 12.8 Å². The fourth-order valence-corrected chi connectivity index (χ4v) is 3.40. The summed E-state index contributed by atoms with van der Waals surface area (Å²) >= 11 is 5.41. The quantitative estimate of drug-likeness (QED) is 0.764. The predicted molar refractivity (Wildman–Crippen MR) is 113 cm³/mol. The molecule has 0 bridgehead atoms. The maximum Gasteiger partial charge on any atom is 0.231 e. The number of methoxy groups -OCH3 is 1. The molecule has 0 radical (unpaired) electrons. The van der Waals surface area contributed by atoms with Gasteiger partial charge in [-0.05, 0) is 55.6 Å². The molecule has 1 fully saturated rings. The van der Waals surface area contributed by atoms with Gasteiger partial charge in [0.05, 0.1) is 7.11 Å².